The molecular weight excluding hydrogens is 202 g/mol. The van der Waals surface area contributed by atoms with Gasteiger partial charge in [0.05, 0.1) is 0 Å². The molecule has 86 valence electrons. The minimum atomic E-state index is -1.27. The van der Waals surface area contributed by atoms with Gasteiger partial charge < -0.3 is 14.9 Å². The largest absolute Gasteiger partial charge is 0.480 e. The Morgan fingerprint density at radius 2 is 2.00 bits per heavy atom. The summed E-state index contributed by atoms with van der Waals surface area (Å²) in [4.78, 5) is 22.8. The average molecular weight is 217 g/mol. The third-order valence-electron chi connectivity index (χ3n) is 2.46. The van der Waals surface area contributed by atoms with Gasteiger partial charge in [-0.05, 0) is 26.7 Å². The number of aliphatic carboxylic acids is 1. The van der Waals surface area contributed by atoms with E-state index in [4.69, 9.17) is 14.9 Å². The lowest BCUT2D eigenvalue weighted by Gasteiger charge is -2.37. The predicted molar refractivity (Wildman–Crippen MR) is 50.6 cm³/mol. The van der Waals surface area contributed by atoms with E-state index in [0.717, 1.165) is 4.90 Å². The molecule has 0 aromatic heterocycles. The van der Waals surface area contributed by atoms with Gasteiger partial charge in [-0.1, -0.05) is 0 Å². The molecule has 2 N–H and O–H groups in total. The highest BCUT2D eigenvalue weighted by Gasteiger charge is 2.42. The fourth-order valence-corrected chi connectivity index (χ4v) is 1.77. The number of nitrogens with zero attached hydrogens (tertiary/aromatic N) is 1. The fourth-order valence-electron chi connectivity index (χ4n) is 1.77. The molecule has 1 heterocycles. The van der Waals surface area contributed by atoms with E-state index in [2.05, 4.69) is 0 Å². The number of amides is 1. The summed E-state index contributed by atoms with van der Waals surface area (Å²) in [5, 5.41) is 18.0. The van der Waals surface area contributed by atoms with Crippen LogP contribution in [-0.2, 0) is 9.53 Å². The molecule has 6 nitrogen and oxygen atoms in total. The highest BCUT2D eigenvalue weighted by atomic mass is 16.5. The van der Waals surface area contributed by atoms with E-state index in [9.17, 15) is 9.59 Å². The molecular formula is C9H15NO5. The van der Waals surface area contributed by atoms with Gasteiger partial charge in [-0.15, -0.1) is 0 Å². The van der Waals surface area contributed by atoms with Crippen molar-refractivity contribution in [3.05, 3.63) is 0 Å². The van der Waals surface area contributed by atoms with Gasteiger partial charge in [-0.25, -0.2) is 9.59 Å². The highest BCUT2D eigenvalue weighted by Crippen LogP contribution is 2.26. The standard InChI is InChI=1S/C9H15NO5/c1-9(2)10(8(13)14)6(7(11)12)4-3-5-15-9/h6H,3-5H2,1-2H3,(H,11,12)(H,13,14)/t6-/m1/s1. The Morgan fingerprint density at radius 1 is 1.40 bits per heavy atom. The van der Waals surface area contributed by atoms with Crippen molar-refractivity contribution in [1.82, 2.24) is 4.90 Å². The topological polar surface area (TPSA) is 87.1 Å². The molecule has 0 unspecified atom stereocenters. The molecule has 1 amide bonds. The molecule has 1 aliphatic rings. The van der Waals surface area contributed by atoms with Crippen molar-refractivity contribution in [2.75, 3.05) is 6.61 Å². The lowest BCUT2D eigenvalue weighted by Crippen LogP contribution is -2.55. The molecule has 6 heteroatoms. The Hall–Kier alpha value is -1.30. The van der Waals surface area contributed by atoms with Crippen molar-refractivity contribution in [3.8, 4) is 0 Å². The van der Waals surface area contributed by atoms with Crippen molar-refractivity contribution >= 4 is 12.1 Å². The minimum absolute atomic E-state index is 0.283. The summed E-state index contributed by atoms with van der Waals surface area (Å²) in [7, 11) is 0. The van der Waals surface area contributed by atoms with Gasteiger partial charge in [0.2, 0.25) is 0 Å². The Kier molecular flexibility index (Phi) is 3.18. The van der Waals surface area contributed by atoms with Crippen LogP contribution < -0.4 is 0 Å². The van der Waals surface area contributed by atoms with Gasteiger partial charge in [0, 0.05) is 6.61 Å². The van der Waals surface area contributed by atoms with E-state index in [1.807, 2.05) is 0 Å². The van der Waals surface area contributed by atoms with Gasteiger partial charge in [0.25, 0.3) is 0 Å². The van der Waals surface area contributed by atoms with Crippen LogP contribution in [0.1, 0.15) is 26.7 Å². The van der Waals surface area contributed by atoms with E-state index in [0.29, 0.717) is 13.0 Å². The van der Waals surface area contributed by atoms with Crippen molar-refractivity contribution in [2.24, 2.45) is 0 Å². The minimum Gasteiger partial charge on any atom is -0.480 e. The van der Waals surface area contributed by atoms with Gasteiger partial charge in [0.1, 0.15) is 11.8 Å². The maximum absolute atomic E-state index is 11.0. The van der Waals surface area contributed by atoms with E-state index in [1.54, 1.807) is 13.8 Å². The van der Waals surface area contributed by atoms with Crippen molar-refractivity contribution in [3.63, 3.8) is 0 Å². The molecule has 0 spiro atoms. The molecule has 0 aromatic carbocycles. The van der Waals surface area contributed by atoms with E-state index in [1.165, 1.54) is 0 Å². The van der Waals surface area contributed by atoms with E-state index in [-0.39, 0.29) is 6.42 Å². The lowest BCUT2D eigenvalue weighted by molar-refractivity contribution is -0.156. The number of ether oxygens (including phenoxy) is 1. The van der Waals surface area contributed by atoms with Crippen molar-refractivity contribution in [2.45, 2.75) is 38.5 Å². The third kappa shape index (κ3) is 2.38. The summed E-state index contributed by atoms with van der Waals surface area (Å²) in [6.45, 7) is 3.49. The number of hydrogen-bond donors (Lipinski definition) is 2. The zero-order chi connectivity index (χ0) is 11.6. The second-order valence-corrected chi connectivity index (χ2v) is 3.94. The fraction of sp³-hybridized carbons (Fsp3) is 0.778. The maximum atomic E-state index is 11.0. The van der Waals surface area contributed by atoms with Crippen LogP contribution in [0.3, 0.4) is 0 Å². The van der Waals surface area contributed by atoms with Crippen molar-refractivity contribution < 1.29 is 24.5 Å². The molecule has 0 saturated carbocycles. The number of rotatable bonds is 1. The van der Waals surface area contributed by atoms with Crippen molar-refractivity contribution in [1.29, 1.82) is 0 Å². The smallest absolute Gasteiger partial charge is 0.410 e. The summed E-state index contributed by atoms with van der Waals surface area (Å²) in [6.07, 6.45) is -0.441. The number of carboxylic acids is 1. The van der Waals surface area contributed by atoms with E-state index >= 15 is 0 Å². The third-order valence-corrected chi connectivity index (χ3v) is 2.46. The molecule has 1 rings (SSSR count). The number of hydrogen-bond acceptors (Lipinski definition) is 3. The number of carboxylic acid groups (broad SMARTS) is 2. The first-order valence-corrected chi connectivity index (χ1v) is 4.75. The Labute approximate surface area is 87.4 Å². The molecule has 1 atom stereocenters. The summed E-state index contributed by atoms with van der Waals surface area (Å²) < 4.78 is 5.33. The molecule has 0 radical (unpaired) electrons. The van der Waals surface area contributed by atoms with Crippen LogP contribution in [0.4, 0.5) is 4.79 Å². The molecule has 15 heavy (non-hydrogen) atoms. The SMILES string of the molecule is CC1(C)OCCC[C@H](C(=O)O)N1C(=O)O. The van der Waals surface area contributed by atoms with Crippen LogP contribution in [0.2, 0.25) is 0 Å². The van der Waals surface area contributed by atoms with Gasteiger partial charge in [0.15, 0.2) is 0 Å². The highest BCUT2D eigenvalue weighted by molar-refractivity contribution is 5.79. The van der Waals surface area contributed by atoms with Gasteiger partial charge in [-0.2, -0.15) is 0 Å². The summed E-state index contributed by atoms with van der Waals surface area (Å²) >= 11 is 0. The Balaban J connectivity index is 3.02. The van der Waals surface area contributed by atoms with Gasteiger partial charge in [-0.3, -0.25) is 4.90 Å². The zero-order valence-electron chi connectivity index (χ0n) is 8.77. The maximum Gasteiger partial charge on any atom is 0.410 e. The predicted octanol–water partition coefficient (Wildman–Crippen LogP) is 0.966. The zero-order valence-corrected chi connectivity index (χ0v) is 8.77. The van der Waals surface area contributed by atoms with Crippen LogP contribution in [-0.4, -0.2) is 45.5 Å². The monoisotopic (exact) mass is 217 g/mol. The summed E-state index contributed by atoms with van der Waals surface area (Å²) in [5.41, 5.74) is -1.09. The second-order valence-electron chi connectivity index (χ2n) is 3.94. The summed E-state index contributed by atoms with van der Waals surface area (Å²) in [5.74, 6) is -1.13. The molecule has 1 fully saturated rings. The average Bonchev–Trinajstić information content (AvgIpc) is 2.22. The first-order valence-electron chi connectivity index (χ1n) is 4.75. The van der Waals surface area contributed by atoms with Crippen LogP contribution in [0, 0.1) is 0 Å². The van der Waals surface area contributed by atoms with Crippen LogP contribution in [0.25, 0.3) is 0 Å². The molecule has 0 aliphatic carbocycles. The van der Waals surface area contributed by atoms with Gasteiger partial charge >= 0.3 is 12.1 Å². The molecule has 0 aromatic rings. The quantitative estimate of drug-likeness (QED) is 0.683. The molecule has 0 bridgehead atoms. The summed E-state index contributed by atoms with van der Waals surface area (Å²) in [6, 6.07) is -1.03. The Bertz CT molecular complexity index is 276. The first kappa shape index (κ1) is 11.8. The lowest BCUT2D eigenvalue weighted by atomic mass is 10.1. The Morgan fingerprint density at radius 3 is 2.47 bits per heavy atom. The first-order chi connectivity index (χ1) is 6.86. The normalized spacial score (nSPS) is 25.7. The second kappa shape index (κ2) is 4.06. The van der Waals surface area contributed by atoms with Crippen LogP contribution in [0.5, 0.6) is 0 Å². The van der Waals surface area contributed by atoms with Crippen LogP contribution in [0.15, 0.2) is 0 Å². The van der Waals surface area contributed by atoms with Crippen LogP contribution >= 0.6 is 0 Å². The molecule has 1 aliphatic heterocycles. The number of carbonyl (C=O) groups is 2. The van der Waals surface area contributed by atoms with E-state index < -0.39 is 23.8 Å². The molecule has 1 saturated heterocycles.